The molecule has 4 rings (SSSR count). The Morgan fingerprint density at radius 1 is 0.927 bits per heavy atom. The molecule has 0 unspecified atom stereocenters. The molecule has 11 heteroatoms. The van der Waals surface area contributed by atoms with E-state index in [-0.39, 0.29) is 30.1 Å². The molecule has 1 N–H and O–H groups in total. The van der Waals surface area contributed by atoms with Crippen molar-refractivity contribution in [2.75, 3.05) is 0 Å². The summed E-state index contributed by atoms with van der Waals surface area (Å²) < 4.78 is 18.0. The minimum Gasteiger partial charge on any atom is -0.508 e. The van der Waals surface area contributed by atoms with Gasteiger partial charge in [0.15, 0.2) is 17.0 Å². The number of hydrogen-bond donors (Lipinski definition) is 1. The molecule has 0 aliphatic carbocycles. The average Bonchev–Trinajstić information content (AvgIpc) is 3.29. The normalized spacial score (nSPS) is 12.4. The van der Waals surface area contributed by atoms with Crippen molar-refractivity contribution in [3.05, 3.63) is 64.6 Å². The Hall–Kier alpha value is -4.54. The van der Waals surface area contributed by atoms with Crippen molar-refractivity contribution in [2.45, 2.75) is 72.1 Å². The molecule has 2 aromatic heterocycles. The SMILES string of the molecule is CC(C)(C)OC(=O)C(CCn1nnc2ccccc2c1=O)(CC(=O)c1cc2ccc(O)cc2o1)C(=O)OC(C)(C)C. The van der Waals surface area contributed by atoms with Gasteiger partial charge in [0, 0.05) is 24.4 Å². The largest absolute Gasteiger partial charge is 0.508 e. The highest BCUT2D eigenvalue weighted by Gasteiger charge is 2.53. The number of esters is 2. The summed E-state index contributed by atoms with van der Waals surface area (Å²) >= 11 is 0. The van der Waals surface area contributed by atoms with E-state index in [9.17, 15) is 24.3 Å². The van der Waals surface area contributed by atoms with E-state index in [0.29, 0.717) is 16.3 Å². The maximum Gasteiger partial charge on any atom is 0.324 e. The van der Waals surface area contributed by atoms with Crippen molar-refractivity contribution in [1.29, 1.82) is 0 Å². The van der Waals surface area contributed by atoms with Crippen LogP contribution >= 0.6 is 0 Å². The minimum atomic E-state index is -2.16. The number of aromatic nitrogens is 3. The Bertz CT molecular complexity index is 1660. The van der Waals surface area contributed by atoms with Gasteiger partial charge < -0.3 is 19.0 Å². The quantitative estimate of drug-likeness (QED) is 0.183. The summed E-state index contributed by atoms with van der Waals surface area (Å²) in [5, 5.41) is 18.7. The summed E-state index contributed by atoms with van der Waals surface area (Å²) in [4.78, 5) is 54.5. The van der Waals surface area contributed by atoms with Crippen LogP contribution in [0.1, 0.15) is 64.9 Å². The zero-order valence-electron chi connectivity index (χ0n) is 23.9. The zero-order chi connectivity index (χ0) is 30.2. The van der Waals surface area contributed by atoms with E-state index in [4.69, 9.17) is 13.9 Å². The second kappa shape index (κ2) is 10.8. The first-order valence-corrected chi connectivity index (χ1v) is 13.1. The molecule has 4 aromatic rings. The summed E-state index contributed by atoms with van der Waals surface area (Å²) in [7, 11) is 0. The molecule has 0 bridgehead atoms. The fourth-order valence-corrected chi connectivity index (χ4v) is 4.26. The van der Waals surface area contributed by atoms with Crippen LogP contribution in [0, 0.1) is 5.41 Å². The van der Waals surface area contributed by atoms with Crippen molar-refractivity contribution >= 4 is 39.6 Å². The number of ether oxygens (including phenoxy) is 2. The second-order valence-corrected chi connectivity index (χ2v) is 11.9. The summed E-state index contributed by atoms with van der Waals surface area (Å²) in [6.45, 7) is 9.58. The lowest BCUT2D eigenvalue weighted by atomic mass is 9.78. The molecule has 11 nitrogen and oxygen atoms in total. The number of phenolic OH excluding ortho intramolecular Hbond substituents is 1. The highest BCUT2D eigenvalue weighted by Crippen LogP contribution is 2.37. The molecule has 0 saturated heterocycles. The van der Waals surface area contributed by atoms with E-state index < -0.39 is 46.3 Å². The molecule has 0 fully saturated rings. The zero-order valence-corrected chi connectivity index (χ0v) is 23.9. The van der Waals surface area contributed by atoms with Gasteiger partial charge in [0.2, 0.25) is 0 Å². The van der Waals surface area contributed by atoms with E-state index >= 15 is 0 Å². The predicted octanol–water partition coefficient (Wildman–Crippen LogP) is 4.58. The maximum atomic E-state index is 13.8. The molecular weight excluding hydrogens is 530 g/mol. The van der Waals surface area contributed by atoms with Crippen molar-refractivity contribution in [3.63, 3.8) is 0 Å². The predicted molar refractivity (Wildman–Crippen MR) is 149 cm³/mol. The van der Waals surface area contributed by atoms with Crippen LogP contribution in [-0.2, 0) is 25.6 Å². The van der Waals surface area contributed by atoms with E-state index in [2.05, 4.69) is 10.3 Å². The van der Waals surface area contributed by atoms with E-state index in [0.717, 1.165) is 4.68 Å². The number of rotatable bonds is 8. The molecule has 216 valence electrons. The van der Waals surface area contributed by atoms with Crippen LogP contribution in [0.25, 0.3) is 21.9 Å². The Morgan fingerprint density at radius 3 is 2.20 bits per heavy atom. The number of carbonyl (C=O) groups excluding carboxylic acids is 3. The number of furan rings is 1. The fraction of sp³-hybridized carbons (Fsp3) is 0.400. The number of nitrogens with zero attached hydrogens (tertiary/aromatic N) is 3. The summed E-state index contributed by atoms with van der Waals surface area (Å²) in [6.07, 6.45) is -1.02. The number of phenols is 1. The van der Waals surface area contributed by atoms with Gasteiger partial charge in [0.05, 0.1) is 5.39 Å². The van der Waals surface area contributed by atoms with Crippen LogP contribution in [-0.4, -0.2) is 49.0 Å². The lowest BCUT2D eigenvalue weighted by Gasteiger charge is -2.34. The first-order valence-electron chi connectivity index (χ1n) is 13.1. The van der Waals surface area contributed by atoms with Gasteiger partial charge in [-0.15, -0.1) is 5.10 Å². The highest BCUT2D eigenvalue weighted by atomic mass is 16.6. The van der Waals surface area contributed by atoms with Gasteiger partial charge in [0.1, 0.15) is 28.1 Å². The van der Waals surface area contributed by atoms with Gasteiger partial charge in [-0.3, -0.25) is 19.2 Å². The fourth-order valence-electron chi connectivity index (χ4n) is 4.26. The first kappa shape index (κ1) is 29.4. The van der Waals surface area contributed by atoms with Gasteiger partial charge in [-0.25, -0.2) is 4.68 Å². The molecular formula is C30H33N3O8. The van der Waals surface area contributed by atoms with Crippen LogP contribution in [0.5, 0.6) is 5.75 Å². The lowest BCUT2D eigenvalue weighted by Crippen LogP contribution is -2.49. The van der Waals surface area contributed by atoms with Crippen LogP contribution in [0.3, 0.4) is 0 Å². The minimum absolute atomic E-state index is 0.0513. The summed E-state index contributed by atoms with van der Waals surface area (Å²) in [5.41, 5.74) is -4.00. The monoisotopic (exact) mass is 563 g/mol. The Labute approximate surface area is 236 Å². The second-order valence-electron chi connectivity index (χ2n) is 11.9. The number of hydrogen-bond acceptors (Lipinski definition) is 10. The highest BCUT2D eigenvalue weighted by molar-refractivity contribution is 6.08. The van der Waals surface area contributed by atoms with Gasteiger partial charge in [-0.05, 0) is 78.3 Å². The number of carbonyl (C=O) groups is 3. The molecule has 41 heavy (non-hydrogen) atoms. The summed E-state index contributed by atoms with van der Waals surface area (Å²) in [6, 6.07) is 12.5. The van der Waals surface area contributed by atoms with Crippen LogP contribution in [0.2, 0.25) is 0 Å². The molecule has 0 atom stereocenters. The molecule has 0 spiro atoms. The van der Waals surface area contributed by atoms with Crippen LogP contribution in [0.15, 0.2) is 57.7 Å². The molecule has 0 aliphatic rings. The molecule has 2 heterocycles. The van der Waals surface area contributed by atoms with Crippen molar-refractivity contribution in [3.8, 4) is 5.75 Å². The average molecular weight is 564 g/mol. The third-order valence-corrected chi connectivity index (χ3v) is 6.20. The Morgan fingerprint density at radius 2 is 1.56 bits per heavy atom. The van der Waals surface area contributed by atoms with Crippen LogP contribution < -0.4 is 5.56 Å². The third kappa shape index (κ3) is 6.62. The molecule has 0 aliphatic heterocycles. The summed E-state index contributed by atoms with van der Waals surface area (Å²) in [5.74, 6) is -2.81. The molecule has 0 saturated carbocycles. The van der Waals surface area contributed by atoms with Crippen LogP contribution in [0.4, 0.5) is 0 Å². The number of aromatic hydroxyl groups is 1. The van der Waals surface area contributed by atoms with Gasteiger partial charge in [0.25, 0.3) is 5.56 Å². The number of Topliss-reactive ketones (excluding diaryl/α,β-unsaturated/α-hetero) is 1. The van der Waals surface area contributed by atoms with Crippen molar-refractivity contribution < 1.29 is 33.4 Å². The Balaban J connectivity index is 1.79. The topological polar surface area (TPSA) is 151 Å². The van der Waals surface area contributed by atoms with E-state index in [1.807, 2.05) is 0 Å². The number of aryl methyl sites for hydroxylation is 1. The van der Waals surface area contributed by atoms with E-state index in [1.54, 1.807) is 71.9 Å². The van der Waals surface area contributed by atoms with E-state index in [1.165, 1.54) is 18.2 Å². The standard InChI is InChI=1S/C30H33N3O8/c1-28(2,3)40-26(37)30(27(38)41-29(4,5)6,13-14-33-25(36)20-9-7-8-10-21(20)31-32-33)17-22(35)24-15-18-11-12-19(34)16-23(18)39-24/h7-12,15-16,34H,13-14,17H2,1-6H3. The number of ketones is 1. The Kier molecular flexibility index (Phi) is 7.75. The molecule has 0 amide bonds. The lowest BCUT2D eigenvalue weighted by molar-refractivity contribution is -0.186. The maximum absolute atomic E-state index is 13.8. The van der Waals surface area contributed by atoms with Gasteiger partial charge in [-0.2, -0.15) is 0 Å². The van der Waals surface area contributed by atoms with Gasteiger partial charge in [-0.1, -0.05) is 17.3 Å². The third-order valence-electron chi connectivity index (χ3n) is 6.20. The number of benzene rings is 2. The smallest absolute Gasteiger partial charge is 0.324 e. The molecule has 0 radical (unpaired) electrons. The number of fused-ring (bicyclic) bond motifs is 2. The van der Waals surface area contributed by atoms with Gasteiger partial charge >= 0.3 is 11.9 Å². The van der Waals surface area contributed by atoms with Crippen molar-refractivity contribution in [2.24, 2.45) is 5.41 Å². The molecule has 2 aromatic carbocycles. The first-order chi connectivity index (χ1) is 19.1. The van der Waals surface area contributed by atoms with Crippen molar-refractivity contribution in [1.82, 2.24) is 15.0 Å².